The maximum atomic E-state index is 12.3. The minimum atomic E-state index is -0.393. The molecule has 0 bridgehead atoms. The Balaban J connectivity index is 1.99. The highest BCUT2D eigenvalue weighted by Gasteiger charge is 2.15. The summed E-state index contributed by atoms with van der Waals surface area (Å²) in [6, 6.07) is 14.8. The van der Waals surface area contributed by atoms with Crippen LogP contribution in [-0.2, 0) is 9.53 Å². The number of amides is 1. The van der Waals surface area contributed by atoms with Gasteiger partial charge in [-0.25, -0.2) is 4.79 Å². The predicted molar refractivity (Wildman–Crippen MR) is 97.5 cm³/mol. The van der Waals surface area contributed by atoms with Gasteiger partial charge in [-0.3, -0.25) is 4.79 Å². The number of esters is 1. The zero-order valence-electron chi connectivity index (χ0n) is 14.0. The first-order valence-corrected chi connectivity index (χ1v) is 8.69. The molecular formula is C19H21NO3S. The number of carbonyl (C=O) groups is 2. The van der Waals surface area contributed by atoms with Gasteiger partial charge in [0.15, 0.2) is 0 Å². The van der Waals surface area contributed by atoms with Crippen molar-refractivity contribution in [2.75, 3.05) is 11.9 Å². The van der Waals surface area contributed by atoms with Gasteiger partial charge in [0, 0.05) is 10.6 Å². The second-order valence-corrected chi connectivity index (χ2v) is 6.78. The van der Waals surface area contributed by atoms with Gasteiger partial charge in [0.1, 0.15) is 0 Å². The number of carbonyl (C=O) groups excluding carboxylic acids is 2. The Hall–Kier alpha value is -2.27. The summed E-state index contributed by atoms with van der Waals surface area (Å²) in [5, 5.41) is 2.59. The van der Waals surface area contributed by atoms with E-state index in [2.05, 4.69) is 5.32 Å². The zero-order chi connectivity index (χ0) is 17.5. The fraction of sp³-hybridized carbons (Fsp3) is 0.263. The zero-order valence-corrected chi connectivity index (χ0v) is 14.9. The molecule has 0 saturated heterocycles. The number of benzene rings is 2. The van der Waals surface area contributed by atoms with E-state index in [4.69, 9.17) is 4.74 Å². The quantitative estimate of drug-likeness (QED) is 0.628. The number of rotatable bonds is 6. The summed E-state index contributed by atoms with van der Waals surface area (Å²) >= 11 is 1.49. The van der Waals surface area contributed by atoms with E-state index in [1.54, 1.807) is 31.2 Å². The summed E-state index contributed by atoms with van der Waals surface area (Å²) < 4.78 is 4.97. The molecule has 2 aromatic carbocycles. The van der Waals surface area contributed by atoms with Crippen LogP contribution >= 0.6 is 11.8 Å². The molecule has 0 spiro atoms. The van der Waals surface area contributed by atoms with Gasteiger partial charge in [-0.2, -0.15) is 0 Å². The first-order valence-electron chi connectivity index (χ1n) is 7.81. The van der Waals surface area contributed by atoms with Gasteiger partial charge >= 0.3 is 5.97 Å². The number of thioether (sulfide) groups is 1. The molecule has 0 unspecified atom stereocenters. The molecule has 4 nitrogen and oxygen atoms in total. The third-order valence-electron chi connectivity index (χ3n) is 3.34. The van der Waals surface area contributed by atoms with Crippen LogP contribution in [0.25, 0.3) is 0 Å². The molecule has 0 fully saturated rings. The molecule has 126 valence electrons. The van der Waals surface area contributed by atoms with Crippen molar-refractivity contribution in [1.29, 1.82) is 0 Å². The molecule has 0 aliphatic heterocycles. The first kappa shape index (κ1) is 18.1. The lowest BCUT2D eigenvalue weighted by Crippen LogP contribution is -2.22. The fourth-order valence-electron chi connectivity index (χ4n) is 2.06. The Morgan fingerprint density at radius 1 is 1.17 bits per heavy atom. The van der Waals surface area contributed by atoms with Crippen LogP contribution in [0, 0.1) is 6.92 Å². The van der Waals surface area contributed by atoms with Crippen LogP contribution in [0.2, 0.25) is 0 Å². The van der Waals surface area contributed by atoms with Gasteiger partial charge in [-0.05, 0) is 51.1 Å². The molecule has 1 N–H and O–H groups in total. The van der Waals surface area contributed by atoms with Crippen LogP contribution in [0.4, 0.5) is 5.69 Å². The summed E-state index contributed by atoms with van der Waals surface area (Å²) in [7, 11) is 0. The minimum absolute atomic E-state index is 0.110. The van der Waals surface area contributed by atoms with E-state index in [0.717, 1.165) is 4.90 Å². The van der Waals surface area contributed by atoms with Gasteiger partial charge in [0.05, 0.1) is 17.4 Å². The van der Waals surface area contributed by atoms with Crippen LogP contribution in [-0.4, -0.2) is 23.7 Å². The van der Waals surface area contributed by atoms with Crippen molar-refractivity contribution in [2.24, 2.45) is 0 Å². The molecule has 5 heteroatoms. The van der Waals surface area contributed by atoms with Crippen molar-refractivity contribution in [3.63, 3.8) is 0 Å². The average molecular weight is 343 g/mol. The number of aryl methyl sites for hydroxylation is 1. The van der Waals surface area contributed by atoms with E-state index < -0.39 is 5.97 Å². The van der Waals surface area contributed by atoms with Crippen LogP contribution in [0.1, 0.15) is 29.8 Å². The molecular weight excluding hydrogens is 322 g/mol. The van der Waals surface area contributed by atoms with Crippen molar-refractivity contribution in [3.8, 4) is 0 Å². The van der Waals surface area contributed by atoms with Gasteiger partial charge in [0.2, 0.25) is 5.91 Å². The summed E-state index contributed by atoms with van der Waals surface area (Å²) in [5.74, 6) is -0.503. The van der Waals surface area contributed by atoms with Gasteiger partial charge in [-0.1, -0.05) is 23.8 Å². The summed E-state index contributed by atoms with van der Waals surface area (Å²) in [6.45, 7) is 5.96. The Morgan fingerprint density at radius 3 is 2.54 bits per heavy atom. The highest BCUT2D eigenvalue weighted by molar-refractivity contribution is 8.00. The van der Waals surface area contributed by atoms with Crippen LogP contribution in [0.3, 0.4) is 0 Å². The molecule has 1 atom stereocenters. The normalized spacial score (nSPS) is 11.6. The second kappa shape index (κ2) is 8.55. The molecule has 0 aliphatic carbocycles. The second-order valence-electron chi connectivity index (χ2n) is 5.36. The maximum Gasteiger partial charge on any atom is 0.338 e. The molecule has 2 rings (SSSR count). The Labute approximate surface area is 146 Å². The standard InChI is InChI=1S/C19H21NO3S/c1-4-23-19(22)15-6-5-7-16(12-15)20-18(21)14(3)24-17-10-8-13(2)9-11-17/h5-12,14H,4H2,1-3H3,(H,20,21)/t14-/m0/s1. The lowest BCUT2D eigenvalue weighted by molar-refractivity contribution is -0.115. The Morgan fingerprint density at radius 2 is 1.88 bits per heavy atom. The van der Waals surface area contributed by atoms with Crippen molar-refractivity contribution in [2.45, 2.75) is 30.9 Å². The Bertz CT molecular complexity index is 713. The molecule has 0 aliphatic rings. The van der Waals surface area contributed by atoms with E-state index in [0.29, 0.717) is 17.9 Å². The van der Waals surface area contributed by atoms with E-state index >= 15 is 0 Å². The van der Waals surface area contributed by atoms with E-state index in [9.17, 15) is 9.59 Å². The van der Waals surface area contributed by atoms with Crippen LogP contribution < -0.4 is 5.32 Å². The molecule has 24 heavy (non-hydrogen) atoms. The lowest BCUT2D eigenvalue weighted by Gasteiger charge is -2.13. The topological polar surface area (TPSA) is 55.4 Å². The van der Waals surface area contributed by atoms with Crippen LogP contribution in [0.15, 0.2) is 53.4 Å². The van der Waals surface area contributed by atoms with Crippen LogP contribution in [0.5, 0.6) is 0 Å². The maximum absolute atomic E-state index is 12.3. The summed E-state index contributed by atoms with van der Waals surface area (Å²) in [4.78, 5) is 25.1. The highest BCUT2D eigenvalue weighted by Crippen LogP contribution is 2.24. The number of hydrogen-bond acceptors (Lipinski definition) is 4. The Kier molecular flexibility index (Phi) is 6.44. The first-order chi connectivity index (χ1) is 11.5. The van der Waals surface area contributed by atoms with E-state index in [1.165, 1.54) is 17.3 Å². The number of anilines is 1. The molecule has 1 amide bonds. The summed E-state index contributed by atoms with van der Waals surface area (Å²) in [5.41, 5.74) is 2.20. The molecule has 0 heterocycles. The molecule has 0 aromatic heterocycles. The lowest BCUT2D eigenvalue weighted by atomic mass is 10.2. The molecule has 0 radical (unpaired) electrons. The summed E-state index contributed by atoms with van der Waals surface area (Å²) in [6.07, 6.45) is 0. The van der Waals surface area contributed by atoms with Crippen molar-refractivity contribution in [3.05, 3.63) is 59.7 Å². The van der Waals surface area contributed by atoms with E-state index in [-0.39, 0.29) is 11.2 Å². The van der Waals surface area contributed by atoms with Gasteiger partial charge in [-0.15, -0.1) is 11.8 Å². The number of nitrogens with one attached hydrogen (secondary N) is 1. The largest absolute Gasteiger partial charge is 0.462 e. The van der Waals surface area contributed by atoms with E-state index in [1.807, 2.05) is 38.1 Å². The fourth-order valence-corrected chi connectivity index (χ4v) is 2.92. The average Bonchev–Trinajstić information content (AvgIpc) is 2.57. The van der Waals surface area contributed by atoms with Crippen molar-refractivity contribution >= 4 is 29.3 Å². The predicted octanol–water partition coefficient (Wildman–Crippen LogP) is 4.29. The number of hydrogen-bond donors (Lipinski definition) is 1. The monoisotopic (exact) mass is 343 g/mol. The van der Waals surface area contributed by atoms with Gasteiger partial charge < -0.3 is 10.1 Å². The third-order valence-corrected chi connectivity index (χ3v) is 4.46. The number of ether oxygens (including phenoxy) is 1. The highest BCUT2D eigenvalue weighted by atomic mass is 32.2. The minimum Gasteiger partial charge on any atom is -0.462 e. The van der Waals surface area contributed by atoms with Crippen molar-refractivity contribution in [1.82, 2.24) is 0 Å². The third kappa shape index (κ3) is 5.13. The molecule has 0 saturated carbocycles. The van der Waals surface area contributed by atoms with Gasteiger partial charge in [0.25, 0.3) is 0 Å². The smallest absolute Gasteiger partial charge is 0.338 e. The van der Waals surface area contributed by atoms with Crippen molar-refractivity contribution < 1.29 is 14.3 Å². The molecule has 2 aromatic rings. The SMILES string of the molecule is CCOC(=O)c1cccc(NC(=O)[C@H](C)Sc2ccc(C)cc2)c1.